The second-order valence-electron chi connectivity index (χ2n) is 5.10. The third kappa shape index (κ3) is 3.46. The Bertz CT molecular complexity index is 594. The standard InChI is InChI=1S/C17H19BrO3/c1-21-16-8-3-2-5-13(16)10-17(11-19,12-20)14-6-4-7-15(18)9-14/h2-9,19-20H,10-12H2,1H3. The molecule has 0 radical (unpaired) electrons. The summed E-state index contributed by atoms with van der Waals surface area (Å²) in [5.41, 5.74) is 1.12. The first kappa shape index (κ1) is 16.0. The highest BCUT2D eigenvalue weighted by Crippen LogP contribution is 2.32. The molecule has 112 valence electrons. The molecule has 0 heterocycles. The second kappa shape index (κ2) is 7.07. The van der Waals surface area contributed by atoms with Gasteiger partial charge in [-0.1, -0.05) is 46.3 Å². The lowest BCUT2D eigenvalue weighted by Crippen LogP contribution is -2.37. The monoisotopic (exact) mass is 350 g/mol. The van der Waals surface area contributed by atoms with Gasteiger partial charge in [-0.05, 0) is 35.7 Å². The van der Waals surface area contributed by atoms with Crippen LogP contribution in [0.3, 0.4) is 0 Å². The largest absolute Gasteiger partial charge is 0.496 e. The normalized spacial score (nSPS) is 11.4. The molecule has 0 aliphatic heterocycles. The molecule has 3 nitrogen and oxygen atoms in total. The summed E-state index contributed by atoms with van der Waals surface area (Å²) in [6.07, 6.45) is 0.500. The van der Waals surface area contributed by atoms with Gasteiger partial charge >= 0.3 is 0 Å². The van der Waals surface area contributed by atoms with Crippen LogP contribution in [0.15, 0.2) is 53.0 Å². The van der Waals surface area contributed by atoms with Crippen LogP contribution in [0.1, 0.15) is 11.1 Å². The highest BCUT2D eigenvalue weighted by atomic mass is 79.9. The van der Waals surface area contributed by atoms with E-state index in [9.17, 15) is 10.2 Å². The Morgan fingerprint density at radius 3 is 2.38 bits per heavy atom. The summed E-state index contributed by atoms with van der Waals surface area (Å²) in [7, 11) is 1.62. The van der Waals surface area contributed by atoms with E-state index in [0.29, 0.717) is 6.42 Å². The maximum atomic E-state index is 9.93. The molecule has 21 heavy (non-hydrogen) atoms. The summed E-state index contributed by atoms with van der Waals surface area (Å²) >= 11 is 3.44. The summed E-state index contributed by atoms with van der Waals surface area (Å²) in [5.74, 6) is 0.763. The number of hydrogen-bond donors (Lipinski definition) is 2. The molecule has 0 aromatic heterocycles. The van der Waals surface area contributed by atoms with E-state index in [1.807, 2.05) is 48.5 Å². The highest BCUT2D eigenvalue weighted by molar-refractivity contribution is 9.10. The number of benzene rings is 2. The van der Waals surface area contributed by atoms with E-state index in [1.165, 1.54) is 0 Å². The van der Waals surface area contributed by atoms with Crippen molar-refractivity contribution in [2.75, 3.05) is 20.3 Å². The van der Waals surface area contributed by atoms with Crippen LogP contribution in [-0.2, 0) is 11.8 Å². The minimum atomic E-state index is -0.738. The van der Waals surface area contributed by atoms with E-state index >= 15 is 0 Å². The predicted octanol–water partition coefficient (Wildman–Crippen LogP) is 2.92. The van der Waals surface area contributed by atoms with Gasteiger partial charge in [0.1, 0.15) is 5.75 Å². The molecule has 4 heteroatoms. The minimum absolute atomic E-state index is 0.141. The summed E-state index contributed by atoms with van der Waals surface area (Å²) in [5, 5.41) is 19.9. The van der Waals surface area contributed by atoms with Gasteiger partial charge in [0.25, 0.3) is 0 Å². The molecular formula is C17H19BrO3. The fraction of sp³-hybridized carbons (Fsp3) is 0.294. The lowest BCUT2D eigenvalue weighted by Gasteiger charge is -2.31. The molecule has 2 rings (SSSR count). The van der Waals surface area contributed by atoms with Gasteiger partial charge < -0.3 is 14.9 Å². The number of hydrogen-bond acceptors (Lipinski definition) is 3. The summed E-state index contributed by atoms with van der Waals surface area (Å²) in [6.45, 7) is -0.282. The third-order valence-electron chi connectivity index (χ3n) is 3.76. The Kier molecular flexibility index (Phi) is 5.39. The molecule has 0 aliphatic carbocycles. The average Bonchev–Trinajstić information content (AvgIpc) is 2.53. The van der Waals surface area contributed by atoms with Gasteiger partial charge in [-0.15, -0.1) is 0 Å². The zero-order valence-electron chi connectivity index (χ0n) is 11.9. The van der Waals surface area contributed by atoms with Crippen molar-refractivity contribution in [3.63, 3.8) is 0 Å². The van der Waals surface area contributed by atoms with Crippen LogP contribution in [0.5, 0.6) is 5.75 Å². The van der Waals surface area contributed by atoms with Gasteiger partial charge in [0, 0.05) is 9.89 Å². The third-order valence-corrected chi connectivity index (χ3v) is 4.26. The van der Waals surface area contributed by atoms with E-state index < -0.39 is 5.41 Å². The number of para-hydroxylation sites is 1. The topological polar surface area (TPSA) is 49.7 Å². The van der Waals surface area contributed by atoms with Crippen molar-refractivity contribution < 1.29 is 14.9 Å². The molecule has 2 aromatic rings. The molecule has 0 fully saturated rings. The van der Waals surface area contributed by atoms with Crippen LogP contribution in [0.4, 0.5) is 0 Å². The molecule has 0 bridgehead atoms. The van der Waals surface area contributed by atoms with Gasteiger partial charge in [0.05, 0.1) is 20.3 Å². The van der Waals surface area contributed by atoms with E-state index in [1.54, 1.807) is 7.11 Å². The molecular weight excluding hydrogens is 332 g/mol. The van der Waals surface area contributed by atoms with Crippen molar-refractivity contribution in [1.29, 1.82) is 0 Å². The fourth-order valence-corrected chi connectivity index (χ4v) is 2.88. The van der Waals surface area contributed by atoms with Crippen molar-refractivity contribution >= 4 is 15.9 Å². The molecule has 0 atom stereocenters. The van der Waals surface area contributed by atoms with Gasteiger partial charge in [-0.2, -0.15) is 0 Å². The molecule has 0 saturated carbocycles. The number of aliphatic hydroxyl groups is 2. The maximum absolute atomic E-state index is 9.93. The first-order valence-corrected chi connectivity index (χ1v) is 7.54. The van der Waals surface area contributed by atoms with Crippen LogP contribution < -0.4 is 4.74 Å². The van der Waals surface area contributed by atoms with Crippen LogP contribution in [0.25, 0.3) is 0 Å². The van der Waals surface area contributed by atoms with Gasteiger partial charge in [0.2, 0.25) is 0 Å². The number of ether oxygens (including phenoxy) is 1. The van der Waals surface area contributed by atoms with Crippen LogP contribution in [0.2, 0.25) is 0 Å². The number of aliphatic hydroxyl groups excluding tert-OH is 2. The Hall–Kier alpha value is -1.36. The SMILES string of the molecule is COc1ccccc1CC(CO)(CO)c1cccc(Br)c1. The van der Waals surface area contributed by atoms with Gasteiger partial charge in [-0.3, -0.25) is 0 Å². The Morgan fingerprint density at radius 1 is 1.05 bits per heavy atom. The summed E-state index contributed by atoms with van der Waals surface area (Å²) in [6, 6.07) is 15.4. The van der Waals surface area contributed by atoms with Crippen LogP contribution in [-0.4, -0.2) is 30.5 Å². The first-order valence-electron chi connectivity index (χ1n) is 6.75. The zero-order chi connectivity index (χ0) is 15.3. The summed E-state index contributed by atoms with van der Waals surface area (Å²) < 4.78 is 6.29. The number of halogens is 1. The zero-order valence-corrected chi connectivity index (χ0v) is 13.5. The van der Waals surface area contributed by atoms with Crippen molar-refractivity contribution in [2.45, 2.75) is 11.8 Å². The van der Waals surface area contributed by atoms with Gasteiger partial charge in [0.15, 0.2) is 0 Å². The van der Waals surface area contributed by atoms with Crippen LogP contribution >= 0.6 is 15.9 Å². The van der Waals surface area contributed by atoms with Crippen molar-refractivity contribution in [3.8, 4) is 5.75 Å². The van der Waals surface area contributed by atoms with Crippen LogP contribution in [0, 0.1) is 0 Å². The summed E-state index contributed by atoms with van der Waals surface area (Å²) in [4.78, 5) is 0. The number of rotatable bonds is 6. The molecule has 2 aromatic carbocycles. The lowest BCUT2D eigenvalue weighted by molar-refractivity contribution is 0.115. The van der Waals surface area contributed by atoms with E-state index in [2.05, 4.69) is 15.9 Å². The lowest BCUT2D eigenvalue weighted by atomic mass is 9.76. The Labute approximate surface area is 133 Å². The van der Waals surface area contributed by atoms with E-state index in [0.717, 1.165) is 21.3 Å². The molecule has 0 unspecified atom stereocenters. The molecule has 0 aliphatic rings. The smallest absolute Gasteiger partial charge is 0.122 e. The van der Waals surface area contributed by atoms with Crippen molar-refractivity contribution in [2.24, 2.45) is 0 Å². The quantitative estimate of drug-likeness (QED) is 0.841. The molecule has 0 amide bonds. The highest BCUT2D eigenvalue weighted by Gasteiger charge is 2.32. The van der Waals surface area contributed by atoms with Crippen molar-refractivity contribution in [1.82, 2.24) is 0 Å². The van der Waals surface area contributed by atoms with Crippen molar-refractivity contribution in [3.05, 3.63) is 64.1 Å². The number of methoxy groups -OCH3 is 1. The maximum Gasteiger partial charge on any atom is 0.122 e. The fourth-order valence-electron chi connectivity index (χ4n) is 2.48. The molecule has 0 saturated heterocycles. The predicted molar refractivity (Wildman–Crippen MR) is 86.7 cm³/mol. The second-order valence-corrected chi connectivity index (χ2v) is 6.01. The average molecular weight is 351 g/mol. The van der Waals surface area contributed by atoms with E-state index in [4.69, 9.17) is 4.74 Å². The molecule has 0 spiro atoms. The Morgan fingerprint density at radius 2 is 1.76 bits per heavy atom. The Balaban J connectivity index is 2.43. The molecule has 2 N–H and O–H groups in total. The van der Waals surface area contributed by atoms with Gasteiger partial charge in [-0.25, -0.2) is 0 Å². The first-order chi connectivity index (χ1) is 10.1. The minimum Gasteiger partial charge on any atom is -0.496 e. The van der Waals surface area contributed by atoms with E-state index in [-0.39, 0.29) is 13.2 Å².